The molecule has 1 fully saturated rings. The second-order valence-electron chi connectivity index (χ2n) is 9.88. The van der Waals surface area contributed by atoms with Crippen LogP contribution in [0.2, 0.25) is 0 Å². The summed E-state index contributed by atoms with van der Waals surface area (Å²) >= 11 is 0. The minimum atomic E-state index is -1.25. The molecule has 3 aromatic heterocycles. The van der Waals surface area contributed by atoms with Crippen LogP contribution in [0.1, 0.15) is 36.3 Å². The Hall–Kier alpha value is -3.71. The van der Waals surface area contributed by atoms with Gasteiger partial charge in [-0.05, 0) is 49.2 Å². The second kappa shape index (κ2) is 15.2. The number of hydrogen-bond donors (Lipinski definition) is 3. The van der Waals surface area contributed by atoms with E-state index in [9.17, 15) is 14.6 Å². The standard InChI is InChI=1S/C28H35BN6O5/c36-27(33-26-11-10-25(17-28(37)38)40-29(26)39)21-35(20-24-9-3-6-14-32-24)16-15-34(18-22-7-1-4-12-30-22)19-23-8-2-5-13-31-23/h1-9,12-14,25-26,39H,10-11,15-21H2,(H,33,36)(H,37,38)/t25-,26-/m0/s1. The van der Waals surface area contributed by atoms with Crippen molar-refractivity contribution in [1.29, 1.82) is 0 Å². The number of nitrogens with zero attached hydrogens (tertiary/aromatic N) is 5. The van der Waals surface area contributed by atoms with Gasteiger partial charge in [-0.25, -0.2) is 0 Å². The summed E-state index contributed by atoms with van der Waals surface area (Å²) in [7, 11) is -1.25. The first kappa shape index (κ1) is 29.3. The first-order valence-electron chi connectivity index (χ1n) is 13.4. The number of hydrogen-bond acceptors (Lipinski definition) is 9. The molecule has 0 aliphatic carbocycles. The molecule has 3 N–H and O–H groups in total. The molecular weight excluding hydrogens is 511 g/mol. The Morgan fingerprint density at radius 2 is 1.38 bits per heavy atom. The number of nitrogens with one attached hydrogen (secondary N) is 1. The highest BCUT2D eigenvalue weighted by Crippen LogP contribution is 2.18. The largest absolute Gasteiger partial charge is 0.481 e. The smallest absolute Gasteiger partial charge is 0.478 e. The first-order valence-corrected chi connectivity index (χ1v) is 13.4. The van der Waals surface area contributed by atoms with E-state index >= 15 is 0 Å². The number of carbonyl (C=O) groups excluding carboxylic acids is 1. The lowest BCUT2D eigenvalue weighted by atomic mass is 9.72. The molecule has 0 saturated carbocycles. The quantitative estimate of drug-likeness (QED) is 0.255. The monoisotopic (exact) mass is 546 g/mol. The highest BCUT2D eigenvalue weighted by atomic mass is 16.5. The van der Waals surface area contributed by atoms with E-state index in [1.807, 2.05) is 59.5 Å². The van der Waals surface area contributed by atoms with Crippen molar-refractivity contribution in [2.45, 2.75) is 50.9 Å². The lowest BCUT2D eigenvalue weighted by molar-refractivity contribution is -0.139. The van der Waals surface area contributed by atoms with Crippen LogP contribution in [0.15, 0.2) is 73.2 Å². The Morgan fingerprint density at radius 3 is 1.85 bits per heavy atom. The minimum absolute atomic E-state index is 0.0966. The molecule has 12 heteroatoms. The number of pyridine rings is 3. The molecule has 210 valence electrons. The van der Waals surface area contributed by atoms with Crippen LogP contribution in [0.3, 0.4) is 0 Å². The van der Waals surface area contributed by atoms with E-state index in [-0.39, 0.29) is 18.9 Å². The van der Waals surface area contributed by atoms with Gasteiger partial charge in [-0.15, -0.1) is 0 Å². The van der Waals surface area contributed by atoms with Gasteiger partial charge in [0.2, 0.25) is 5.91 Å². The predicted octanol–water partition coefficient (Wildman–Crippen LogP) is 1.53. The van der Waals surface area contributed by atoms with E-state index < -0.39 is 25.1 Å². The third-order valence-electron chi connectivity index (χ3n) is 6.66. The number of carbonyl (C=O) groups is 2. The molecule has 0 unspecified atom stereocenters. The van der Waals surface area contributed by atoms with E-state index in [1.165, 1.54) is 0 Å². The summed E-state index contributed by atoms with van der Waals surface area (Å²) in [6.45, 7) is 3.06. The lowest BCUT2D eigenvalue weighted by Gasteiger charge is -2.32. The minimum Gasteiger partial charge on any atom is -0.481 e. The van der Waals surface area contributed by atoms with Crippen LogP contribution < -0.4 is 5.32 Å². The zero-order chi connectivity index (χ0) is 28.2. The van der Waals surface area contributed by atoms with Crippen LogP contribution in [0, 0.1) is 0 Å². The van der Waals surface area contributed by atoms with Crippen LogP contribution in [0.25, 0.3) is 0 Å². The average molecular weight is 546 g/mol. The number of rotatable bonds is 14. The molecule has 0 spiro atoms. The fraction of sp³-hybridized carbons (Fsp3) is 0.393. The van der Waals surface area contributed by atoms with Crippen LogP contribution in [-0.4, -0.2) is 85.6 Å². The van der Waals surface area contributed by atoms with Crippen molar-refractivity contribution in [3.05, 3.63) is 90.3 Å². The van der Waals surface area contributed by atoms with Gasteiger partial charge in [-0.1, -0.05) is 18.2 Å². The summed E-state index contributed by atoms with van der Waals surface area (Å²) < 4.78 is 5.42. The summed E-state index contributed by atoms with van der Waals surface area (Å²) in [5.74, 6) is -1.83. The molecule has 1 saturated heterocycles. The molecule has 0 radical (unpaired) electrons. The van der Waals surface area contributed by atoms with E-state index in [4.69, 9.17) is 9.76 Å². The average Bonchev–Trinajstić information content (AvgIpc) is 2.94. The summed E-state index contributed by atoms with van der Waals surface area (Å²) in [5.41, 5.74) is 2.73. The number of aliphatic carboxylic acids is 1. The maximum atomic E-state index is 13.1. The fourth-order valence-electron chi connectivity index (χ4n) is 4.69. The fourth-order valence-corrected chi connectivity index (χ4v) is 4.69. The molecule has 40 heavy (non-hydrogen) atoms. The van der Waals surface area contributed by atoms with Crippen molar-refractivity contribution in [3.8, 4) is 0 Å². The first-order chi connectivity index (χ1) is 19.4. The maximum Gasteiger partial charge on any atom is 0.478 e. The van der Waals surface area contributed by atoms with Crippen LogP contribution in [0.5, 0.6) is 0 Å². The van der Waals surface area contributed by atoms with E-state index in [2.05, 4.69) is 25.2 Å². The second-order valence-corrected chi connectivity index (χ2v) is 9.88. The SMILES string of the molecule is O=C(O)C[C@@H]1CC[C@H](NC(=O)CN(CCN(Cc2ccccn2)Cc2ccccn2)Cc2ccccn2)B(O)O1. The summed E-state index contributed by atoms with van der Waals surface area (Å²) in [5, 5.41) is 22.2. The Balaban J connectivity index is 1.39. The Morgan fingerprint density at radius 1 is 0.850 bits per heavy atom. The number of amides is 1. The zero-order valence-corrected chi connectivity index (χ0v) is 22.4. The third kappa shape index (κ3) is 9.80. The van der Waals surface area contributed by atoms with Gasteiger partial charge in [0, 0.05) is 51.3 Å². The van der Waals surface area contributed by atoms with Crippen LogP contribution in [0.4, 0.5) is 0 Å². The Labute approximate surface area is 234 Å². The molecule has 4 heterocycles. The van der Waals surface area contributed by atoms with Crippen molar-refractivity contribution in [2.75, 3.05) is 19.6 Å². The number of carboxylic acid groups (broad SMARTS) is 1. The molecule has 1 aliphatic heterocycles. The van der Waals surface area contributed by atoms with Crippen LogP contribution in [-0.2, 0) is 33.9 Å². The molecule has 3 aromatic rings. The topological polar surface area (TPSA) is 141 Å². The van der Waals surface area contributed by atoms with Gasteiger partial charge in [0.15, 0.2) is 0 Å². The third-order valence-corrected chi connectivity index (χ3v) is 6.66. The van der Waals surface area contributed by atoms with Crippen molar-refractivity contribution in [1.82, 2.24) is 30.1 Å². The van der Waals surface area contributed by atoms with Gasteiger partial charge >= 0.3 is 13.1 Å². The van der Waals surface area contributed by atoms with E-state index in [0.717, 1.165) is 17.1 Å². The Bertz CT molecular complexity index is 1150. The lowest BCUT2D eigenvalue weighted by Crippen LogP contribution is -2.54. The predicted molar refractivity (Wildman–Crippen MR) is 148 cm³/mol. The van der Waals surface area contributed by atoms with Crippen molar-refractivity contribution < 1.29 is 24.4 Å². The summed E-state index contributed by atoms with van der Waals surface area (Å²) in [6.07, 6.45) is 5.42. The molecule has 1 amide bonds. The van der Waals surface area contributed by atoms with Crippen LogP contribution >= 0.6 is 0 Å². The Kier molecular flexibility index (Phi) is 11.1. The van der Waals surface area contributed by atoms with Gasteiger partial charge < -0.3 is 20.1 Å². The van der Waals surface area contributed by atoms with E-state index in [0.29, 0.717) is 45.6 Å². The molecular formula is C28H35BN6O5. The van der Waals surface area contributed by atoms with Gasteiger partial charge in [0.25, 0.3) is 0 Å². The van der Waals surface area contributed by atoms with Gasteiger partial charge in [-0.3, -0.25) is 34.3 Å². The summed E-state index contributed by atoms with van der Waals surface area (Å²) in [4.78, 5) is 41.7. The number of aromatic nitrogens is 3. The molecule has 0 aromatic carbocycles. The van der Waals surface area contributed by atoms with Gasteiger partial charge in [-0.2, -0.15) is 0 Å². The highest BCUT2D eigenvalue weighted by molar-refractivity contribution is 6.45. The molecule has 2 atom stereocenters. The maximum absolute atomic E-state index is 13.1. The molecule has 11 nitrogen and oxygen atoms in total. The van der Waals surface area contributed by atoms with Crippen molar-refractivity contribution >= 4 is 19.0 Å². The number of carboxylic acids is 1. The molecule has 4 rings (SSSR count). The highest BCUT2D eigenvalue weighted by Gasteiger charge is 2.36. The summed E-state index contributed by atoms with van der Waals surface area (Å²) in [6, 6.07) is 17.4. The molecule has 0 bridgehead atoms. The van der Waals surface area contributed by atoms with Gasteiger partial charge in [0.1, 0.15) is 0 Å². The zero-order valence-electron chi connectivity index (χ0n) is 22.4. The van der Waals surface area contributed by atoms with Gasteiger partial charge in [0.05, 0.1) is 42.1 Å². The normalized spacial score (nSPS) is 17.2. The molecule has 1 aliphatic rings. The van der Waals surface area contributed by atoms with Crippen molar-refractivity contribution in [3.63, 3.8) is 0 Å². The van der Waals surface area contributed by atoms with E-state index in [1.54, 1.807) is 18.6 Å². The van der Waals surface area contributed by atoms with Crippen molar-refractivity contribution in [2.24, 2.45) is 0 Å².